The van der Waals surface area contributed by atoms with Crippen LogP contribution in [0.3, 0.4) is 0 Å². The molecule has 4 heteroatoms. The van der Waals surface area contributed by atoms with E-state index in [2.05, 4.69) is 19.2 Å². The van der Waals surface area contributed by atoms with Gasteiger partial charge in [0.05, 0.1) is 13.7 Å². The zero-order chi connectivity index (χ0) is 14.3. The van der Waals surface area contributed by atoms with Gasteiger partial charge in [0.25, 0.3) is 0 Å². The van der Waals surface area contributed by atoms with Crippen molar-refractivity contribution in [1.29, 1.82) is 0 Å². The number of methoxy groups -OCH3 is 1. The van der Waals surface area contributed by atoms with Gasteiger partial charge in [-0.15, -0.1) is 0 Å². The van der Waals surface area contributed by atoms with E-state index in [0.29, 0.717) is 18.9 Å². The zero-order valence-corrected chi connectivity index (χ0v) is 12.1. The minimum atomic E-state index is -0.328. The summed E-state index contributed by atoms with van der Waals surface area (Å²) in [4.78, 5) is 11.5. The van der Waals surface area contributed by atoms with Gasteiger partial charge in [-0.3, -0.25) is 0 Å². The minimum absolute atomic E-state index is 0.254. The quantitative estimate of drug-likeness (QED) is 0.770. The lowest BCUT2D eigenvalue weighted by molar-refractivity contribution is -0.141. The number of hydrogen-bond donors (Lipinski definition) is 1. The van der Waals surface area contributed by atoms with Crippen LogP contribution in [0.25, 0.3) is 0 Å². The van der Waals surface area contributed by atoms with Gasteiger partial charge in [-0.1, -0.05) is 26.8 Å². The first-order chi connectivity index (χ1) is 9.06. The largest absolute Gasteiger partial charge is 0.493 e. The van der Waals surface area contributed by atoms with Crippen LogP contribution in [-0.2, 0) is 9.53 Å². The molecular formula is C15H23NO3. The van der Waals surface area contributed by atoms with Crippen LogP contribution in [0.15, 0.2) is 24.3 Å². The van der Waals surface area contributed by atoms with Crippen LogP contribution in [0.2, 0.25) is 0 Å². The van der Waals surface area contributed by atoms with E-state index in [1.165, 1.54) is 7.11 Å². The molecule has 1 aromatic rings. The number of benzene rings is 1. The molecule has 0 aliphatic rings. The monoisotopic (exact) mass is 265 g/mol. The molecule has 4 nitrogen and oxygen atoms in total. The minimum Gasteiger partial charge on any atom is -0.493 e. The van der Waals surface area contributed by atoms with Crippen LogP contribution >= 0.6 is 0 Å². The Hall–Kier alpha value is -1.71. The maximum atomic E-state index is 11.5. The van der Waals surface area contributed by atoms with E-state index in [1.807, 2.05) is 31.2 Å². The highest BCUT2D eigenvalue weighted by atomic mass is 16.5. The van der Waals surface area contributed by atoms with Crippen molar-refractivity contribution in [1.82, 2.24) is 0 Å². The lowest BCUT2D eigenvalue weighted by atomic mass is 10.2. The summed E-state index contributed by atoms with van der Waals surface area (Å²) in [5.41, 5.74) is 0.860. The molecule has 0 aliphatic heterocycles. The van der Waals surface area contributed by atoms with Crippen molar-refractivity contribution in [3.8, 4) is 5.75 Å². The highest BCUT2D eigenvalue weighted by Gasteiger charge is 2.16. The van der Waals surface area contributed by atoms with E-state index in [9.17, 15) is 4.79 Å². The summed E-state index contributed by atoms with van der Waals surface area (Å²) in [6, 6.07) is 7.29. The van der Waals surface area contributed by atoms with Gasteiger partial charge < -0.3 is 14.8 Å². The van der Waals surface area contributed by atoms with Crippen LogP contribution in [0.1, 0.15) is 27.2 Å². The number of ether oxygens (including phenoxy) is 2. The van der Waals surface area contributed by atoms with E-state index in [1.54, 1.807) is 0 Å². The van der Waals surface area contributed by atoms with E-state index >= 15 is 0 Å². The van der Waals surface area contributed by atoms with Crippen molar-refractivity contribution in [2.24, 2.45) is 5.92 Å². The molecule has 0 aliphatic carbocycles. The molecule has 1 N–H and O–H groups in total. The van der Waals surface area contributed by atoms with Crippen molar-refractivity contribution >= 4 is 11.7 Å². The fourth-order valence-electron chi connectivity index (χ4n) is 1.61. The molecule has 0 fully saturated rings. The second kappa shape index (κ2) is 7.67. The fraction of sp³-hybridized carbons (Fsp3) is 0.533. The molecule has 0 heterocycles. The summed E-state index contributed by atoms with van der Waals surface area (Å²) in [6.45, 7) is 6.82. The molecule has 1 aromatic carbocycles. The SMILES string of the molecule is CCC(Nc1cccc(OCC(C)C)c1)C(=O)OC. The Kier molecular flexibility index (Phi) is 6.19. The molecule has 0 saturated heterocycles. The molecule has 0 bridgehead atoms. The summed E-state index contributed by atoms with van der Waals surface area (Å²) < 4.78 is 10.4. The Morgan fingerprint density at radius 2 is 2.11 bits per heavy atom. The van der Waals surface area contributed by atoms with Gasteiger partial charge >= 0.3 is 5.97 Å². The van der Waals surface area contributed by atoms with Gasteiger partial charge in [0, 0.05) is 11.8 Å². The number of carbonyl (C=O) groups is 1. The third kappa shape index (κ3) is 5.20. The number of esters is 1. The second-order valence-electron chi connectivity index (χ2n) is 4.86. The van der Waals surface area contributed by atoms with Gasteiger partial charge in [0.1, 0.15) is 11.8 Å². The highest BCUT2D eigenvalue weighted by molar-refractivity contribution is 5.79. The van der Waals surface area contributed by atoms with Gasteiger partial charge in [0.15, 0.2) is 0 Å². The van der Waals surface area contributed by atoms with Crippen LogP contribution in [0.5, 0.6) is 5.75 Å². The summed E-state index contributed by atoms with van der Waals surface area (Å²) in [5.74, 6) is 1.03. The van der Waals surface area contributed by atoms with Crippen molar-refractivity contribution in [3.63, 3.8) is 0 Å². The Morgan fingerprint density at radius 1 is 1.37 bits per heavy atom. The second-order valence-corrected chi connectivity index (χ2v) is 4.86. The Bertz CT molecular complexity index is 404. The summed E-state index contributed by atoms with van der Waals surface area (Å²) in [5, 5.41) is 3.15. The van der Waals surface area contributed by atoms with E-state index in [4.69, 9.17) is 9.47 Å². The van der Waals surface area contributed by atoms with Gasteiger partial charge in [-0.2, -0.15) is 0 Å². The van der Waals surface area contributed by atoms with Crippen LogP contribution in [-0.4, -0.2) is 25.7 Å². The average Bonchev–Trinajstić information content (AvgIpc) is 2.42. The standard InChI is InChI=1S/C15H23NO3/c1-5-14(15(17)18-4)16-12-7-6-8-13(9-12)19-10-11(2)3/h6-9,11,14,16H,5,10H2,1-4H3. The van der Waals surface area contributed by atoms with Crippen molar-refractivity contribution in [2.75, 3.05) is 19.0 Å². The molecule has 106 valence electrons. The molecule has 1 atom stereocenters. The number of carbonyl (C=O) groups excluding carboxylic acids is 1. The van der Waals surface area contributed by atoms with E-state index < -0.39 is 0 Å². The molecule has 0 radical (unpaired) electrons. The predicted molar refractivity (Wildman–Crippen MR) is 76.5 cm³/mol. The van der Waals surface area contributed by atoms with Crippen molar-refractivity contribution in [3.05, 3.63) is 24.3 Å². The van der Waals surface area contributed by atoms with E-state index in [0.717, 1.165) is 11.4 Å². The lowest BCUT2D eigenvalue weighted by Gasteiger charge is -2.16. The maximum Gasteiger partial charge on any atom is 0.328 e. The molecule has 0 saturated carbocycles. The Morgan fingerprint density at radius 3 is 2.68 bits per heavy atom. The third-order valence-electron chi connectivity index (χ3n) is 2.65. The average molecular weight is 265 g/mol. The van der Waals surface area contributed by atoms with Gasteiger partial charge in [0.2, 0.25) is 0 Å². The summed E-state index contributed by atoms with van der Waals surface area (Å²) in [7, 11) is 1.40. The molecule has 0 amide bonds. The fourth-order valence-corrected chi connectivity index (χ4v) is 1.61. The normalized spacial score (nSPS) is 12.1. The van der Waals surface area contributed by atoms with Gasteiger partial charge in [-0.05, 0) is 24.5 Å². The number of rotatable bonds is 7. The van der Waals surface area contributed by atoms with Crippen LogP contribution < -0.4 is 10.1 Å². The molecule has 0 spiro atoms. The molecule has 1 unspecified atom stereocenters. The Labute approximate surface area is 115 Å². The highest BCUT2D eigenvalue weighted by Crippen LogP contribution is 2.19. The first-order valence-corrected chi connectivity index (χ1v) is 6.64. The van der Waals surface area contributed by atoms with Crippen molar-refractivity contribution < 1.29 is 14.3 Å². The van der Waals surface area contributed by atoms with Crippen LogP contribution in [0, 0.1) is 5.92 Å². The molecular weight excluding hydrogens is 242 g/mol. The van der Waals surface area contributed by atoms with Crippen molar-refractivity contribution in [2.45, 2.75) is 33.2 Å². The molecule has 19 heavy (non-hydrogen) atoms. The summed E-state index contributed by atoms with van der Waals surface area (Å²) >= 11 is 0. The smallest absolute Gasteiger partial charge is 0.328 e. The predicted octanol–water partition coefficient (Wildman–Crippen LogP) is 3.08. The maximum absolute atomic E-state index is 11.5. The lowest BCUT2D eigenvalue weighted by Crippen LogP contribution is -2.29. The molecule has 1 rings (SSSR count). The number of hydrogen-bond acceptors (Lipinski definition) is 4. The number of nitrogens with one attached hydrogen (secondary N) is 1. The first kappa shape index (κ1) is 15.3. The van der Waals surface area contributed by atoms with E-state index in [-0.39, 0.29) is 12.0 Å². The Balaban J connectivity index is 2.67. The summed E-state index contributed by atoms with van der Waals surface area (Å²) in [6.07, 6.45) is 0.670. The molecule has 0 aromatic heterocycles. The third-order valence-corrected chi connectivity index (χ3v) is 2.65. The topological polar surface area (TPSA) is 47.6 Å². The first-order valence-electron chi connectivity index (χ1n) is 6.64. The zero-order valence-electron chi connectivity index (χ0n) is 12.1. The van der Waals surface area contributed by atoms with Gasteiger partial charge in [-0.25, -0.2) is 4.79 Å². The van der Waals surface area contributed by atoms with Crippen LogP contribution in [0.4, 0.5) is 5.69 Å². The number of anilines is 1.